The highest BCUT2D eigenvalue weighted by atomic mass is 79.9. The molecule has 2 rings (SSSR count). The van der Waals surface area contributed by atoms with Crippen LogP contribution in [0.2, 0.25) is 5.02 Å². The van der Waals surface area contributed by atoms with Gasteiger partial charge in [0.05, 0.1) is 0 Å². The number of halogens is 2. The van der Waals surface area contributed by atoms with Crippen molar-refractivity contribution < 1.29 is 4.79 Å². The molecule has 16 heavy (non-hydrogen) atoms. The molecule has 0 aliphatic carbocycles. The minimum atomic E-state index is 0.110. The van der Waals surface area contributed by atoms with Gasteiger partial charge in [-0.05, 0) is 37.1 Å². The highest BCUT2D eigenvalue weighted by molar-refractivity contribution is 9.09. The molecule has 4 heteroatoms. The molecule has 1 heterocycles. The summed E-state index contributed by atoms with van der Waals surface area (Å²) in [6.07, 6.45) is 2.18. The molecule has 1 aliphatic rings. The second-order valence-corrected chi connectivity index (χ2v) is 5.04. The Morgan fingerprint density at radius 2 is 2.12 bits per heavy atom. The fourth-order valence-electron chi connectivity index (χ4n) is 2.02. The first kappa shape index (κ1) is 11.9. The second kappa shape index (κ2) is 5.19. The number of carbonyl (C=O) groups excluding carboxylic acids is 1. The van der Waals surface area contributed by atoms with E-state index in [9.17, 15) is 4.79 Å². The lowest BCUT2D eigenvalue weighted by Gasteiger charge is -2.23. The standard InChI is InChI=1S/C12H13BrClNO/c13-8-11-2-1-7-15(11)12(16)9-3-5-10(14)6-4-9/h3-6,11H,1-2,7-8H2/t11-/m0/s1. The molecular formula is C12H13BrClNO. The van der Waals surface area contributed by atoms with Crippen LogP contribution >= 0.6 is 27.5 Å². The lowest BCUT2D eigenvalue weighted by molar-refractivity contribution is 0.0750. The van der Waals surface area contributed by atoms with Crippen LogP contribution in [-0.2, 0) is 0 Å². The number of alkyl halides is 1. The average molecular weight is 303 g/mol. The fourth-order valence-corrected chi connectivity index (χ4v) is 2.82. The molecule has 0 N–H and O–H groups in total. The molecule has 0 bridgehead atoms. The Morgan fingerprint density at radius 3 is 2.75 bits per heavy atom. The minimum Gasteiger partial charge on any atom is -0.335 e. The Kier molecular flexibility index (Phi) is 3.87. The van der Waals surface area contributed by atoms with Crippen molar-refractivity contribution in [3.8, 4) is 0 Å². The largest absolute Gasteiger partial charge is 0.335 e. The maximum absolute atomic E-state index is 12.2. The van der Waals surface area contributed by atoms with Gasteiger partial charge < -0.3 is 4.90 Å². The molecule has 0 radical (unpaired) electrons. The topological polar surface area (TPSA) is 20.3 Å². The summed E-state index contributed by atoms with van der Waals surface area (Å²) in [7, 11) is 0. The summed E-state index contributed by atoms with van der Waals surface area (Å²) in [5, 5.41) is 1.52. The van der Waals surface area contributed by atoms with Crippen LogP contribution < -0.4 is 0 Å². The number of carbonyl (C=O) groups is 1. The van der Waals surface area contributed by atoms with Gasteiger partial charge in [0.25, 0.3) is 5.91 Å². The number of benzene rings is 1. The number of hydrogen-bond acceptors (Lipinski definition) is 1. The van der Waals surface area contributed by atoms with Crippen molar-refractivity contribution in [2.75, 3.05) is 11.9 Å². The van der Waals surface area contributed by atoms with Gasteiger partial charge >= 0.3 is 0 Å². The van der Waals surface area contributed by atoms with Crippen molar-refractivity contribution in [1.29, 1.82) is 0 Å². The van der Waals surface area contributed by atoms with Crippen LogP contribution in [0.25, 0.3) is 0 Å². The molecule has 1 atom stereocenters. The molecule has 1 aromatic rings. The molecule has 0 spiro atoms. The number of likely N-dealkylation sites (tertiary alicyclic amines) is 1. The van der Waals surface area contributed by atoms with Gasteiger partial charge in [-0.3, -0.25) is 4.79 Å². The third-order valence-electron chi connectivity index (χ3n) is 2.91. The van der Waals surface area contributed by atoms with Gasteiger partial charge in [-0.2, -0.15) is 0 Å². The van der Waals surface area contributed by atoms with E-state index in [1.165, 1.54) is 0 Å². The van der Waals surface area contributed by atoms with Gasteiger partial charge in [0.15, 0.2) is 0 Å². The molecule has 1 aromatic carbocycles. The third kappa shape index (κ3) is 2.41. The number of rotatable bonds is 2. The quantitative estimate of drug-likeness (QED) is 0.767. The Hall–Kier alpha value is -0.540. The first-order chi connectivity index (χ1) is 7.72. The summed E-state index contributed by atoms with van der Waals surface area (Å²) >= 11 is 9.25. The first-order valence-corrected chi connectivity index (χ1v) is 6.85. The van der Waals surface area contributed by atoms with Gasteiger partial charge in [-0.15, -0.1) is 0 Å². The molecule has 1 saturated heterocycles. The molecule has 1 amide bonds. The third-order valence-corrected chi connectivity index (χ3v) is 3.91. The lowest BCUT2D eigenvalue weighted by atomic mass is 10.2. The predicted octanol–water partition coefficient (Wildman–Crippen LogP) is 3.34. The molecule has 0 saturated carbocycles. The Bertz CT molecular complexity index is 379. The van der Waals surface area contributed by atoms with E-state index in [0.717, 1.165) is 30.3 Å². The Labute approximate surface area is 109 Å². The summed E-state index contributed by atoms with van der Waals surface area (Å²) in [4.78, 5) is 14.1. The van der Waals surface area contributed by atoms with Gasteiger partial charge in [0, 0.05) is 28.5 Å². The molecule has 0 aromatic heterocycles. The number of nitrogens with zero attached hydrogens (tertiary/aromatic N) is 1. The molecule has 1 fully saturated rings. The van der Waals surface area contributed by atoms with Gasteiger partial charge in [0.1, 0.15) is 0 Å². The number of hydrogen-bond donors (Lipinski definition) is 0. The van der Waals surface area contributed by atoms with Gasteiger partial charge in [0.2, 0.25) is 0 Å². The summed E-state index contributed by atoms with van der Waals surface area (Å²) in [6, 6.07) is 7.42. The normalized spacial score (nSPS) is 20.1. The minimum absolute atomic E-state index is 0.110. The number of amides is 1. The van der Waals surface area contributed by atoms with E-state index in [1.54, 1.807) is 24.3 Å². The summed E-state index contributed by atoms with van der Waals surface area (Å²) in [5.74, 6) is 0.110. The van der Waals surface area contributed by atoms with E-state index in [-0.39, 0.29) is 5.91 Å². The van der Waals surface area contributed by atoms with E-state index in [4.69, 9.17) is 11.6 Å². The average Bonchev–Trinajstić information content (AvgIpc) is 2.77. The van der Waals surface area contributed by atoms with Crippen LogP contribution in [0.15, 0.2) is 24.3 Å². The summed E-state index contributed by atoms with van der Waals surface area (Å²) in [5.41, 5.74) is 0.720. The molecule has 1 aliphatic heterocycles. The maximum atomic E-state index is 12.2. The van der Waals surface area contributed by atoms with E-state index < -0.39 is 0 Å². The zero-order valence-corrected chi connectivity index (χ0v) is 11.2. The first-order valence-electron chi connectivity index (χ1n) is 5.35. The van der Waals surface area contributed by atoms with Crippen LogP contribution in [0.3, 0.4) is 0 Å². The maximum Gasteiger partial charge on any atom is 0.254 e. The monoisotopic (exact) mass is 301 g/mol. The van der Waals surface area contributed by atoms with E-state index in [0.29, 0.717) is 11.1 Å². The fraction of sp³-hybridized carbons (Fsp3) is 0.417. The zero-order chi connectivity index (χ0) is 11.5. The van der Waals surface area contributed by atoms with Crippen LogP contribution in [0, 0.1) is 0 Å². The van der Waals surface area contributed by atoms with Crippen molar-refractivity contribution in [3.63, 3.8) is 0 Å². The highest BCUT2D eigenvalue weighted by Gasteiger charge is 2.28. The predicted molar refractivity (Wildman–Crippen MR) is 69.3 cm³/mol. The van der Waals surface area contributed by atoms with Crippen molar-refractivity contribution in [1.82, 2.24) is 4.90 Å². The molecule has 2 nitrogen and oxygen atoms in total. The molecular weight excluding hydrogens is 289 g/mol. The van der Waals surface area contributed by atoms with Crippen molar-refractivity contribution >= 4 is 33.4 Å². The van der Waals surface area contributed by atoms with Crippen LogP contribution in [0.1, 0.15) is 23.2 Å². The van der Waals surface area contributed by atoms with E-state index >= 15 is 0 Å². The summed E-state index contributed by atoms with van der Waals surface area (Å²) < 4.78 is 0. The van der Waals surface area contributed by atoms with Crippen LogP contribution in [0.5, 0.6) is 0 Å². The Morgan fingerprint density at radius 1 is 1.44 bits per heavy atom. The molecule has 0 unspecified atom stereocenters. The summed E-state index contributed by atoms with van der Waals surface area (Å²) in [6.45, 7) is 0.859. The van der Waals surface area contributed by atoms with Crippen molar-refractivity contribution in [2.45, 2.75) is 18.9 Å². The zero-order valence-electron chi connectivity index (χ0n) is 8.83. The SMILES string of the molecule is O=C(c1ccc(Cl)cc1)N1CCC[C@H]1CBr. The van der Waals surface area contributed by atoms with Crippen molar-refractivity contribution in [3.05, 3.63) is 34.9 Å². The highest BCUT2D eigenvalue weighted by Crippen LogP contribution is 2.22. The van der Waals surface area contributed by atoms with Gasteiger partial charge in [-0.25, -0.2) is 0 Å². The Balaban J connectivity index is 2.15. The smallest absolute Gasteiger partial charge is 0.254 e. The lowest BCUT2D eigenvalue weighted by Crippen LogP contribution is -2.36. The van der Waals surface area contributed by atoms with E-state index in [1.807, 2.05) is 4.90 Å². The second-order valence-electron chi connectivity index (χ2n) is 3.96. The van der Waals surface area contributed by atoms with Crippen LogP contribution in [-0.4, -0.2) is 28.7 Å². The van der Waals surface area contributed by atoms with Crippen molar-refractivity contribution in [2.24, 2.45) is 0 Å². The molecule has 86 valence electrons. The van der Waals surface area contributed by atoms with E-state index in [2.05, 4.69) is 15.9 Å². The van der Waals surface area contributed by atoms with Crippen LogP contribution in [0.4, 0.5) is 0 Å². The van der Waals surface area contributed by atoms with Gasteiger partial charge in [-0.1, -0.05) is 27.5 Å².